The molecule has 1 fully saturated rings. The van der Waals surface area contributed by atoms with Crippen molar-refractivity contribution in [2.75, 3.05) is 11.9 Å². The first-order chi connectivity index (χ1) is 8.99. The molecular formula is C12H14BrN3O3. The van der Waals surface area contributed by atoms with Crippen LogP contribution in [-0.2, 0) is 4.79 Å². The topological polar surface area (TPSA) is 84.3 Å². The number of nitrogens with one attached hydrogen (secondary N) is 2. The predicted molar refractivity (Wildman–Crippen MR) is 75.0 cm³/mol. The van der Waals surface area contributed by atoms with E-state index in [1.54, 1.807) is 6.07 Å². The maximum atomic E-state index is 12.1. The zero-order chi connectivity index (χ0) is 14.0. The highest BCUT2D eigenvalue weighted by Crippen LogP contribution is 2.28. The fourth-order valence-corrected chi connectivity index (χ4v) is 2.51. The van der Waals surface area contributed by atoms with E-state index < -0.39 is 4.92 Å². The third kappa shape index (κ3) is 3.10. The van der Waals surface area contributed by atoms with Crippen molar-refractivity contribution in [3.05, 3.63) is 32.8 Å². The molecule has 1 amide bonds. The Morgan fingerprint density at radius 2 is 2.32 bits per heavy atom. The van der Waals surface area contributed by atoms with Gasteiger partial charge < -0.3 is 10.6 Å². The second-order valence-corrected chi connectivity index (χ2v) is 5.40. The minimum atomic E-state index is -0.484. The van der Waals surface area contributed by atoms with E-state index in [4.69, 9.17) is 0 Å². The molecule has 0 spiro atoms. The summed E-state index contributed by atoms with van der Waals surface area (Å²) >= 11 is 3.28. The number of hydrogen-bond acceptors (Lipinski definition) is 4. The number of amides is 1. The first kappa shape index (κ1) is 14.0. The predicted octanol–water partition coefficient (Wildman–Crippen LogP) is 2.29. The zero-order valence-electron chi connectivity index (χ0n) is 10.4. The Hall–Kier alpha value is -1.47. The molecule has 1 aliphatic heterocycles. The SMILES string of the molecule is CC1NCCC1C(=O)Nc1cc([N+](=O)[O-])ccc1Br. The molecule has 0 aromatic heterocycles. The molecule has 2 atom stereocenters. The number of carbonyl (C=O) groups excluding carboxylic acids is 1. The van der Waals surface area contributed by atoms with E-state index in [2.05, 4.69) is 26.6 Å². The van der Waals surface area contributed by atoms with Crippen LogP contribution in [0.1, 0.15) is 13.3 Å². The van der Waals surface area contributed by atoms with E-state index in [1.807, 2.05) is 6.92 Å². The Kier molecular flexibility index (Phi) is 4.16. The summed E-state index contributed by atoms with van der Waals surface area (Å²) in [6, 6.07) is 4.43. The summed E-state index contributed by atoms with van der Waals surface area (Å²) in [4.78, 5) is 22.4. The van der Waals surface area contributed by atoms with E-state index in [-0.39, 0.29) is 23.6 Å². The normalized spacial score (nSPS) is 22.2. The third-order valence-electron chi connectivity index (χ3n) is 3.28. The van der Waals surface area contributed by atoms with E-state index >= 15 is 0 Å². The Bertz CT molecular complexity index is 521. The maximum Gasteiger partial charge on any atom is 0.271 e. The van der Waals surface area contributed by atoms with Crippen LogP contribution in [0.3, 0.4) is 0 Å². The quantitative estimate of drug-likeness (QED) is 0.659. The van der Waals surface area contributed by atoms with Crippen LogP contribution in [0.2, 0.25) is 0 Å². The molecule has 0 bridgehead atoms. The molecule has 1 aromatic carbocycles. The van der Waals surface area contributed by atoms with Crippen molar-refractivity contribution >= 4 is 33.2 Å². The molecule has 2 unspecified atom stereocenters. The summed E-state index contributed by atoms with van der Waals surface area (Å²) in [5.41, 5.74) is 0.384. The molecule has 0 saturated carbocycles. The number of nitro benzene ring substituents is 1. The summed E-state index contributed by atoms with van der Waals surface area (Å²) in [6.45, 7) is 2.77. The fourth-order valence-electron chi connectivity index (χ4n) is 2.16. The lowest BCUT2D eigenvalue weighted by atomic mass is 10.0. The maximum absolute atomic E-state index is 12.1. The molecule has 0 radical (unpaired) electrons. The number of nitro groups is 1. The van der Waals surface area contributed by atoms with Crippen LogP contribution in [-0.4, -0.2) is 23.4 Å². The number of non-ortho nitro benzene ring substituents is 1. The van der Waals surface area contributed by atoms with Gasteiger partial charge in [-0.05, 0) is 41.9 Å². The summed E-state index contributed by atoms with van der Waals surface area (Å²) in [5, 5.41) is 16.7. The Morgan fingerprint density at radius 1 is 1.58 bits per heavy atom. The second kappa shape index (κ2) is 5.66. The van der Waals surface area contributed by atoms with Crippen LogP contribution in [0.15, 0.2) is 22.7 Å². The molecule has 1 saturated heterocycles. The van der Waals surface area contributed by atoms with Gasteiger partial charge in [0.2, 0.25) is 5.91 Å². The molecule has 2 N–H and O–H groups in total. The van der Waals surface area contributed by atoms with Crippen LogP contribution >= 0.6 is 15.9 Å². The van der Waals surface area contributed by atoms with E-state index in [0.717, 1.165) is 13.0 Å². The number of rotatable bonds is 3. The van der Waals surface area contributed by atoms with Gasteiger partial charge >= 0.3 is 0 Å². The van der Waals surface area contributed by atoms with Gasteiger partial charge in [-0.2, -0.15) is 0 Å². The van der Waals surface area contributed by atoms with Gasteiger partial charge in [-0.1, -0.05) is 0 Å². The lowest BCUT2D eigenvalue weighted by molar-refractivity contribution is -0.384. The lowest BCUT2D eigenvalue weighted by Crippen LogP contribution is -2.32. The molecule has 0 aliphatic carbocycles. The molecule has 1 aromatic rings. The Labute approximate surface area is 118 Å². The van der Waals surface area contributed by atoms with Gasteiger partial charge in [0.1, 0.15) is 0 Å². The molecule has 19 heavy (non-hydrogen) atoms. The number of nitrogens with zero attached hydrogens (tertiary/aromatic N) is 1. The highest BCUT2D eigenvalue weighted by atomic mass is 79.9. The molecule has 6 nitrogen and oxygen atoms in total. The average Bonchev–Trinajstić information content (AvgIpc) is 2.78. The van der Waals surface area contributed by atoms with Crippen LogP contribution in [0.4, 0.5) is 11.4 Å². The largest absolute Gasteiger partial charge is 0.325 e. The average molecular weight is 328 g/mol. The minimum Gasteiger partial charge on any atom is -0.325 e. The van der Waals surface area contributed by atoms with Crippen molar-refractivity contribution in [2.24, 2.45) is 5.92 Å². The summed E-state index contributed by atoms with van der Waals surface area (Å²) < 4.78 is 0.630. The Balaban J connectivity index is 2.16. The first-order valence-electron chi connectivity index (χ1n) is 5.97. The molecule has 2 rings (SSSR count). The van der Waals surface area contributed by atoms with Crippen LogP contribution in [0.25, 0.3) is 0 Å². The van der Waals surface area contributed by atoms with Crippen LogP contribution < -0.4 is 10.6 Å². The molecule has 102 valence electrons. The standard InChI is InChI=1S/C12H14BrN3O3/c1-7-9(4-5-14-7)12(17)15-11-6-8(16(18)19)2-3-10(11)13/h2-3,6-7,9,14H,4-5H2,1H3,(H,15,17). The van der Waals surface area contributed by atoms with Crippen molar-refractivity contribution in [3.63, 3.8) is 0 Å². The highest BCUT2D eigenvalue weighted by Gasteiger charge is 2.29. The summed E-state index contributed by atoms with van der Waals surface area (Å²) in [6.07, 6.45) is 0.777. The van der Waals surface area contributed by atoms with Gasteiger partial charge in [0, 0.05) is 22.6 Å². The molecule has 7 heteroatoms. The number of benzene rings is 1. The summed E-state index contributed by atoms with van der Waals surface area (Å²) in [7, 11) is 0. The first-order valence-corrected chi connectivity index (χ1v) is 6.76. The number of halogens is 1. The zero-order valence-corrected chi connectivity index (χ0v) is 11.9. The van der Waals surface area contributed by atoms with Gasteiger partial charge in [-0.3, -0.25) is 14.9 Å². The van der Waals surface area contributed by atoms with Crippen LogP contribution in [0.5, 0.6) is 0 Å². The molecule has 1 heterocycles. The van der Waals surface area contributed by atoms with Gasteiger partial charge in [0.25, 0.3) is 5.69 Å². The molecular weight excluding hydrogens is 314 g/mol. The van der Waals surface area contributed by atoms with Crippen molar-refractivity contribution in [3.8, 4) is 0 Å². The van der Waals surface area contributed by atoms with E-state index in [0.29, 0.717) is 10.2 Å². The lowest BCUT2D eigenvalue weighted by Gasteiger charge is -2.15. The van der Waals surface area contributed by atoms with Crippen molar-refractivity contribution in [1.29, 1.82) is 0 Å². The van der Waals surface area contributed by atoms with Gasteiger partial charge in [-0.15, -0.1) is 0 Å². The van der Waals surface area contributed by atoms with Crippen molar-refractivity contribution in [1.82, 2.24) is 5.32 Å². The van der Waals surface area contributed by atoms with E-state index in [1.165, 1.54) is 12.1 Å². The highest BCUT2D eigenvalue weighted by molar-refractivity contribution is 9.10. The fraction of sp³-hybridized carbons (Fsp3) is 0.417. The molecule has 1 aliphatic rings. The monoisotopic (exact) mass is 327 g/mol. The van der Waals surface area contributed by atoms with Crippen LogP contribution in [0, 0.1) is 16.0 Å². The second-order valence-electron chi connectivity index (χ2n) is 4.55. The van der Waals surface area contributed by atoms with Gasteiger partial charge in [-0.25, -0.2) is 0 Å². The Morgan fingerprint density at radius 3 is 2.89 bits per heavy atom. The minimum absolute atomic E-state index is 0.0453. The van der Waals surface area contributed by atoms with Gasteiger partial charge in [0.05, 0.1) is 16.5 Å². The van der Waals surface area contributed by atoms with Gasteiger partial charge in [0.15, 0.2) is 0 Å². The number of carbonyl (C=O) groups is 1. The third-order valence-corrected chi connectivity index (χ3v) is 3.97. The van der Waals surface area contributed by atoms with E-state index in [9.17, 15) is 14.9 Å². The number of anilines is 1. The smallest absolute Gasteiger partial charge is 0.271 e. The summed E-state index contributed by atoms with van der Waals surface area (Å²) in [5.74, 6) is -0.218. The van der Waals surface area contributed by atoms with Crippen molar-refractivity contribution < 1.29 is 9.72 Å². The van der Waals surface area contributed by atoms with Crippen molar-refractivity contribution in [2.45, 2.75) is 19.4 Å². The number of hydrogen-bond donors (Lipinski definition) is 2.